The van der Waals surface area contributed by atoms with Crippen LogP contribution in [-0.4, -0.2) is 83.1 Å². The third-order valence-corrected chi connectivity index (χ3v) is 7.47. The van der Waals surface area contributed by atoms with E-state index >= 15 is 0 Å². The van der Waals surface area contributed by atoms with Crippen molar-refractivity contribution in [2.45, 2.75) is 39.3 Å². The maximum Gasteiger partial charge on any atom is 0.490 e. The summed E-state index contributed by atoms with van der Waals surface area (Å²) in [7, 11) is 4.98. The molecule has 0 aliphatic heterocycles. The number of ether oxygens (including phenoxy) is 3. The van der Waals surface area contributed by atoms with Crippen molar-refractivity contribution >= 4 is 17.7 Å². The van der Waals surface area contributed by atoms with Gasteiger partial charge in [0.1, 0.15) is 29.7 Å². The number of methoxy groups -OCH3 is 1. The van der Waals surface area contributed by atoms with Gasteiger partial charge in [0.05, 0.1) is 19.1 Å². The molecule has 1 atom stereocenters. The Bertz CT molecular complexity index is 1890. The van der Waals surface area contributed by atoms with Crippen molar-refractivity contribution in [1.82, 2.24) is 19.7 Å². The number of nitrogens with one attached hydrogen (secondary N) is 2. The molecule has 1 amide bonds. The summed E-state index contributed by atoms with van der Waals surface area (Å²) < 4.78 is 50.6. The van der Waals surface area contributed by atoms with Crippen LogP contribution in [0, 0.1) is 10.8 Å². The number of benzene rings is 3. The number of nitrogen functional groups attached to an aromatic ring is 1. The molecule has 4 rings (SSSR count). The van der Waals surface area contributed by atoms with Crippen molar-refractivity contribution in [2.24, 2.45) is 11.1 Å². The molecule has 1 aromatic heterocycles. The Morgan fingerprint density at radius 3 is 2.20 bits per heavy atom. The molecule has 0 fully saturated rings. The molecule has 0 radical (unpaired) electrons. The van der Waals surface area contributed by atoms with Crippen LogP contribution in [0.5, 0.6) is 17.2 Å². The minimum absolute atomic E-state index is 0.0135. The van der Waals surface area contributed by atoms with Crippen LogP contribution >= 0.6 is 0 Å². The molecular formula is C35H41F3N6O7. The molecule has 1 heterocycles. The van der Waals surface area contributed by atoms with E-state index in [2.05, 4.69) is 4.98 Å². The van der Waals surface area contributed by atoms with Crippen molar-refractivity contribution in [1.29, 1.82) is 5.41 Å². The lowest BCUT2D eigenvalue weighted by Crippen LogP contribution is -2.40. The fraction of sp³-hybridized carbons (Fsp3) is 0.343. The van der Waals surface area contributed by atoms with Gasteiger partial charge in [-0.25, -0.2) is 9.59 Å². The van der Waals surface area contributed by atoms with Crippen molar-refractivity contribution in [3.63, 3.8) is 0 Å². The summed E-state index contributed by atoms with van der Waals surface area (Å²) in [5.74, 6) is -1.22. The summed E-state index contributed by atoms with van der Waals surface area (Å²) in [4.78, 5) is 39.2. The Morgan fingerprint density at radius 1 is 1.02 bits per heavy atom. The van der Waals surface area contributed by atoms with Crippen LogP contribution in [-0.2, 0) is 16.0 Å². The van der Waals surface area contributed by atoms with E-state index in [9.17, 15) is 22.8 Å². The number of carboxylic acid groups (broad SMARTS) is 1. The van der Waals surface area contributed by atoms with E-state index in [1.54, 1.807) is 50.4 Å². The van der Waals surface area contributed by atoms with Gasteiger partial charge >= 0.3 is 17.8 Å². The SMILES string of the molecule is CCOc1cc(C(Cc2ccc(C(=N)N)cc2)c2nn(-c3ccccc3OC)c(=O)[nH]2)ccc1OCC(C)(C)C(=O)N(C)C.O=C(O)C(F)(F)F. The molecule has 0 spiro atoms. The zero-order valence-corrected chi connectivity index (χ0v) is 29.0. The maximum absolute atomic E-state index is 13.2. The molecule has 274 valence electrons. The number of hydrogen-bond acceptors (Lipinski definition) is 8. The van der Waals surface area contributed by atoms with Crippen molar-refractivity contribution < 1.29 is 42.1 Å². The second kappa shape index (κ2) is 16.7. The van der Waals surface area contributed by atoms with Crippen LogP contribution in [0.1, 0.15) is 49.2 Å². The van der Waals surface area contributed by atoms with E-state index in [4.69, 9.17) is 40.4 Å². The zero-order chi connectivity index (χ0) is 38.1. The van der Waals surface area contributed by atoms with Crippen LogP contribution < -0.4 is 25.6 Å². The van der Waals surface area contributed by atoms with Crippen molar-refractivity contribution in [3.8, 4) is 22.9 Å². The monoisotopic (exact) mass is 714 g/mol. The lowest BCUT2D eigenvalue weighted by molar-refractivity contribution is -0.192. The minimum atomic E-state index is -5.08. The molecule has 0 aliphatic rings. The van der Waals surface area contributed by atoms with Crippen LogP contribution in [0.4, 0.5) is 13.2 Å². The number of nitrogens with two attached hydrogens (primary N) is 1. The van der Waals surface area contributed by atoms with Crippen LogP contribution in [0.3, 0.4) is 0 Å². The maximum atomic E-state index is 13.2. The standard InChI is InChI=1S/C33H40N6O5.C2HF3O2/c1-7-43-28-19-23(16-17-27(28)44-20-33(2,3)31(40)38(4)5)24(18-21-12-14-22(15-13-21)29(34)35)30-36-32(41)39(37-30)25-10-8-9-11-26(25)42-6;3-2(4,5)1(6)7/h8-17,19,24H,7,18,20H2,1-6H3,(H3,34,35)(H,36,37,41);(H,6,7). The van der Waals surface area contributed by atoms with Gasteiger partial charge in [-0.1, -0.05) is 42.5 Å². The molecule has 0 bridgehead atoms. The number of amides is 1. The first-order valence-electron chi connectivity index (χ1n) is 15.6. The van der Waals surface area contributed by atoms with Crippen LogP contribution in [0.2, 0.25) is 0 Å². The third-order valence-electron chi connectivity index (χ3n) is 7.47. The number of amidine groups is 1. The summed E-state index contributed by atoms with van der Waals surface area (Å²) in [5.41, 5.74) is 7.44. The van der Waals surface area contributed by atoms with E-state index < -0.39 is 23.3 Å². The Morgan fingerprint density at radius 2 is 1.65 bits per heavy atom. The van der Waals surface area contributed by atoms with Gasteiger partial charge in [-0.2, -0.15) is 17.9 Å². The molecule has 4 aromatic rings. The average Bonchev–Trinajstić information content (AvgIpc) is 3.47. The lowest BCUT2D eigenvalue weighted by atomic mass is 9.90. The topological polar surface area (TPSA) is 186 Å². The first kappa shape index (κ1) is 39.6. The summed E-state index contributed by atoms with van der Waals surface area (Å²) >= 11 is 0. The molecule has 0 saturated heterocycles. The zero-order valence-electron chi connectivity index (χ0n) is 29.0. The van der Waals surface area contributed by atoms with E-state index in [-0.39, 0.29) is 24.3 Å². The molecular weight excluding hydrogens is 673 g/mol. The van der Waals surface area contributed by atoms with Gasteiger partial charge in [-0.3, -0.25) is 15.2 Å². The number of alkyl halides is 3. The Balaban J connectivity index is 0.000000908. The van der Waals surface area contributed by atoms with Gasteiger partial charge in [-0.15, -0.1) is 5.10 Å². The molecule has 0 saturated carbocycles. The highest BCUT2D eigenvalue weighted by atomic mass is 19.4. The smallest absolute Gasteiger partial charge is 0.490 e. The first-order valence-corrected chi connectivity index (χ1v) is 15.6. The number of aromatic amines is 1. The van der Waals surface area contributed by atoms with Gasteiger partial charge < -0.3 is 30.0 Å². The van der Waals surface area contributed by atoms with Crippen molar-refractivity contribution in [2.75, 3.05) is 34.4 Å². The normalized spacial score (nSPS) is 11.9. The fourth-order valence-corrected chi connectivity index (χ4v) is 4.95. The molecule has 1 unspecified atom stereocenters. The Hall–Kier alpha value is -5.80. The minimum Gasteiger partial charge on any atom is -0.494 e. The molecule has 13 nitrogen and oxygen atoms in total. The highest BCUT2D eigenvalue weighted by Crippen LogP contribution is 2.36. The fourth-order valence-electron chi connectivity index (χ4n) is 4.95. The van der Waals surface area contributed by atoms with Crippen LogP contribution in [0.15, 0.2) is 71.5 Å². The highest BCUT2D eigenvalue weighted by Gasteiger charge is 2.38. The van der Waals surface area contributed by atoms with E-state index in [1.165, 1.54) is 4.68 Å². The second-order valence-corrected chi connectivity index (χ2v) is 12.1. The molecule has 5 N–H and O–H groups in total. The molecule has 51 heavy (non-hydrogen) atoms. The largest absolute Gasteiger partial charge is 0.494 e. The second-order valence-electron chi connectivity index (χ2n) is 12.1. The number of H-pyrrole nitrogens is 1. The van der Waals surface area contributed by atoms with E-state index in [1.807, 2.05) is 63.2 Å². The Kier molecular flexibility index (Phi) is 13.0. The number of hydrogen-bond donors (Lipinski definition) is 4. The van der Waals surface area contributed by atoms with Gasteiger partial charge in [0, 0.05) is 25.6 Å². The third kappa shape index (κ3) is 10.4. The van der Waals surface area contributed by atoms with E-state index in [0.717, 1.165) is 11.1 Å². The van der Waals surface area contributed by atoms with Gasteiger partial charge in [-0.05, 0) is 62.6 Å². The number of carbonyl (C=O) groups excluding carboxylic acids is 1. The van der Waals surface area contributed by atoms with Crippen molar-refractivity contribution in [3.05, 3.63) is 99.7 Å². The summed E-state index contributed by atoms with van der Waals surface area (Å²) in [6.45, 7) is 6.12. The first-order chi connectivity index (χ1) is 23.9. The van der Waals surface area contributed by atoms with Gasteiger partial charge in [0.2, 0.25) is 5.91 Å². The predicted octanol–water partition coefficient (Wildman–Crippen LogP) is 4.75. The summed E-state index contributed by atoms with van der Waals surface area (Å²) in [6.07, 6.45) is -4.60. The number of halogens is 3. The van der Waals surface area contributed by atoms with Crippen LogP contribution in [0.25, 0.3) is 5.69 Å². The number of carboxylic acids is 1. The number of carbonyl (C=O) groups is 2. The van der Waals surface area contributed by atoms with Gasteiger partial charge in [0.15, 0.2) is 11.5 Å². The number of aliphatic carboxylic acids is 1. The summed E-state index contributed by atoms with van der Waals surface area (Å²) in [5, 5.41) is 19.6. The molecule has 0 aliphatic carbocycles. The number of aromatic nitrogens is 3. The molecule has 16 heteroatoms. The Labute approximate surface area is 292 Å². The average molecular weight is 715 g/mol. The number of nitrogens with zero attached hydrogens (tertiary/aromatic N) is 3. The van der Waals surface area contributed by atoms with Gasteiger partial charge in [0.25, 0.3) is 0 Å². The summed E-state index contributed by atoms with van der Waals surface area (Å²) in [6, 6.07) is 20.2. The highest BCUT2D eigenvalue weighted by molar-refractivity contribution is 5.94. The number of rotatable bonds is 13. The molecule has 3 aromatic carbocycles. The predicted molar refractivity (Wildman–Crippen MR) is 183 cm³/mol. The lowest BCUT2D eigenvalue weighted by Gasteiger charge is -2.27. The van der Waals surface area contributed by atoms with E-state index in [0.29, 0.717) is 47.4 Å². The number of para-hydroxylation sites is 2. The quantitative estimate of drug-likeness (QED) is 0.112.